The molecule has 0 aliphatic carbocycles. The van der Waals surface area contributed by atoms with E-state index in [0.717, 1.165) is 30.5 Å². The minimum atomic E-state index is -3.50. The molecular weight excluding hydrogens is 434 g/mol. The standard InChI is InChI=1S/C21H23N5O3S2/c1-16-5-9-18(10-6-16)26-21(22-23-24-26)30-15-20(27)17-7-11-19(12-8-17)31(28,29)25-13-3-2-4-14-25/h5-12H,2-4,13-15H2,1H3. The Balaban J connectivity index is 1.42. The van der Waals surface area contributed by atoms with Gasteiger partial charge in [0.15, 0.2) is 5.78 Å². The molecule has 0 bridgehead atoms. The molecule has 0 N–H and O–H groups in total. The predicted molar refractivity (Wildman–Crippen MR) is 118 cm³/mol. The summed E-state index contributed by atoms with van der Waals surface area (Å²) in [5.74, 6) is 0.0233. The van der Waals surface area contributed by atoms with Gasteiger partial charge < -0.3 is 0 Å². The van der Waals surface area contributed by atoms with E-state index in [-0.39, 0.29) is 16.4 Å². The van der Waals surface area contributed by atoms with Crippen LogP contribution in [0.1, 0.15) is 35.2 Å². The number of nitrogens with zero attached hydrogens (tertiary/aromatic N) is 5. The first-order valence-corrected chi connectivity index (χ1v) is 12.5. The van der Waals surface area contributed by atoms with Crippen LogP contribution < -0.4 is 0 Å². The summed E-state index contributed by atoms with van der Waals surface area (Å²) in [6.45, 7) is 3.10. The fourth-order valence-electron chi connectivity index (χ4n) is 3.40. The van der Waals surface area contributed by atoms with Crippen molar-refractivity contribution in [1.82, 2.24) is 24.5 Å². The van der Waals surface area contributed by atoms with E-state index in [0.29, 0.717) is 23.8 Å². The summed E-state index contributed by atoms with van der Waals surface area (Å²) >= 11 is 1.24. The van der Waals surface area contributed by atoms with E-state index in [1.54, 1.807) is 16.8 Å². The van der Waals surface area contributed by atoms with E-state index in [9.17, 15) is 13.2 Å². The summed E-state index contributed by atoms with van der Waals surface area (Å²) in [6, 6.07) is 13.9. The SMILES string of the molecule is Cc1ccc(-n2nnnc2SCC(=O)c2ccc(S(=O)(=O)N3CCCCC3)cc2)cc1. The highest BCUT2D eigenvalue weighted by Gasteiger charge is 2.26. The minimum Gasteiger partial charge on any atom is -0.293 e. The number of aromatic nitrogens is 4. The van der Waals surface area contributed by atoms with E-state index in [2.05, 4.69) is 15.5 Å². The first-order chi connectivity index (χ1) is 14.9. The minimum absolute atomic E-state index is 0.120. The van der Waals surface area contributed by atoms with Gasteiger partial charge in [-0.25, -0.2) is 8.42 Å². The summed E-state index contributed by atoms with van der Waals surface area (Å²) in [7, 11) is -3.50. The summed E-state index contributed by atoms with van der Waals surface area (Å²) in [6.07, 6.45) is 2.83. The van der Waals surface area contributed by atoms with E-state index >= 15 is 0 Å². The van der Waals surface area contributed by atoms with Gasteiger partial charge in [-0.1, -0.05) is 48.0 Å². The molecule has 0 amide bonds. The topological polar surface area (TPSA) is 98.0 Å². The zero-order chi connectivity index (χ0) is 21.8. The number of piperidine rings is 1. The van der Waals surface area contributed by atoms with Crippen molar-refractivity contribution in [3.8, 4) is 5.69 Å². The van der Waals surface area contributed by atoms with Gasteiger partial charge in [0, 0.05) is 18.7 Å². The third-order valence-electron chi connectivity index (χ3n) is 5.18. The van der Waals surface area contributed by atoms with Crippen molar-refractivity contribution in [3.05, 3.63) is 59.7 Å². The van der Waals surface area contributed by atoms with Gasteiger partial charge in [-0.2, -0.15) is 8.99 Å². The van der Waals surface area contributed by atoms with Gasteiger partial charge in [0.2, 0.25) is 15.2 Å². The van der Waals surface area contributed by atoms with Crippen molar-refractivity contribution in [2.45, 2.75) is 36.2 Å². The molecule has 1 fully saturated rings. The molecule has 1 saturated heterocycles. The molecule has 0 atom stereocenters. The number of thioether (sulfide) groups is 1. The molecule has 0 radical (unpaired) electrons. The third kappa shape index (κ3) is 4.86. The number of hydrogen-bond acceptors (Lipinski definition) is 7. The zero-order valence-corrected chi connectivity index (χ0v) is 18.8. The van der Waals surface area contributed by atoms with Crippen LogP contribution in [0, 0.1) is 6.92 Å². The Bertz CT molecular complexity index is 1150. The molecule has 0 spiro atoms. The van der Waals surface area contributed by atoms with Gasteiger partial charge in [0.25, 0.3) is 0 Å². The molecule has 2 heterocycles. The van der Waals surface area contributed by atoms with Crippen LogP contribution in [0.5, 0.6) is 0 Å². The Kier molecular flexibility index (Phi) is 6.49. The van der Waals surface area contributed by atoms with E-state index in [1.165, 1.54) is 28.2 Å². The van der Waals surface area contributed by atoms with Crippen molar-refractivity contribution in [1.29, 1.82) is 0 Å². The van der Waals surface area contributed by atoms with Gasteiger partial charge >= 0.3 is 0 Å². The lowest BCUT2D eigenvalue weighted by Crippen LogP contribution is -2.35. The number of Topliss-reactive ketones (excluding diaryl/α,β-unsaturated/α-hetero) is 1. The van der Waals surface area contributed by atoms with Crippen LogP contribution in [0.15, 0.2) is 58.6 Å². The van der Waals surface area contributed by atoms with Crippen LogP contribution in [-0.4, -0.2) is 57.6 Å². The van der Waals surface area contributed by atoms with Crippen molar-refractivity contribution >= 4 is 27.6 Å². The Morgan fingerprint density at radius 2 is 1.68 bits per heavy atom. The lowest BCUT2D eigenvalue weighted by molar-refractivity contribution is 0.102. The van der Waals surface area contributed by atoms with Crippen molar-refractivity contribution < 1.29 is 13.2 Å². The van der Waals surface area contributed by atoms with Gasteiger partial charge in [-0.15, -0.1) is 5.10 Å². The molecule has 1 aromatic heterocycles. The fraction of sp³-hybridized carbons (Fsp3) is 0.333. The second kappa shape index (κ2) is 9.29. The summed E-state index contributed by atoms with van der Waals surface area (Å²) in [4.78, 5) is 12.9. The Labute approximate surface area is 185 Å². The number of ketones is 1. The fourth-order valence-corrected chi connectivity index (χ4v) is 5.70. The van der Waals surface area contributed by atoms with Crippen LogP contribution in [0.2, 0.25) is 0 Å². The second-order valence-electron chi connectivity index (χ2n) is 7.41. The molecule has 3 aromatic rings. The maximum atomic E-state index is 12.8. The van der Waals surface area contributed by atoms with Crippen molar-refractivity contribution in [3.63, 3.8) is 0 Å². The van der Waals surface area contributed by atoms with Gasteiger partial charge in [0.05, 0.1) is 16.3 Å². The number of tetrazole rings is 1. The number of sulfonamides is 1. The molecule has 8 nitrogen and oxygen atoms in total. The molecule has 0 unspecified atom stereocenters. The normalized spacial score (nSPS) is 15.1. The predicted octanol–water partition coefficient (Wildman–Crippen LogP) is 3.12. The molecule has 162 valence electrons. The first kappa shape index (κ1) is 21.7. The van der Waals surface area contributed by atoms with Crippen molar-refractivity contribution in [2.24, 2.45) is 0 Å². The molecular formula is C21H23N5O3S2. The van der Waals surface area contributed by atoms with Gasteiger partial charge in [-0.3, -0.25) is 4.79 Å². The number of rotatable bonds is 7. The summed E-state index contributed by atoms with van der Waals surface area (Å²) in [5, 5.41) is 12.2. The number of carbonyl (C=O) groups excluding carboxylic acids is 1. The average Bonchev–Trinajstić information content (AvgIpc) is 3.27. The first-order valence-electron chi connectivity index (χ1n) is 10.1. The number of benzene rings is 2. The van der Waals surface area contributed by atoms with Crippen LogP contribution in [0.4, 0.5) is 0 Å². The number of aryl methyl sites for hydroxylation is 1. The molecule has 31 heavy (non-hydrogen) atoms. The number of carbonyl (C=O) groups is 1. The maximum absolute atomic E-state index is 12.8. The molecule has 4 rings (SSSR count). The quantitative estimate of drug-likeness (QED) is 0.397. The van der Waals surface area contributed by atoms with Crippen LogP contribution in [0.3, 0.4) is 0 Å². The Hall–Kier alpha value is -2.56. The molecule has 2 aromatic carbocycles. The third-order valence-corrected chi connectivity index (χ3v) is 8.01. The molecule has 1 aliphatic rings. The van der Waals surface area contributed by atoms with Crippen LogP contribution >= 0.6 is 11.8 Å². The van der Waals surface area contributed by atoms with E-state index < -0.39 is 10.0 Å². The maximum Gasteiger partial charge on any atom is 0.243 e. The van der Waals surface area contributed by atoms with Crippen LogP contribution in [-0.2, 0) is 10.0 Å². The second-order valence-corrected chi connectivity index (χ2v) is 10.3. The molecule has 1 aliphatic heterocycles. The largest absolute Gasteiger partial charge is 0.293 e. The van der Waals surface area contributed by atoms with Crippen LogP contribution in [0.25, 0.3) is 5.69 Å². The number of hydrogen-bond donors (Lipinski definition) is 0. The Morgan fingerprint density at radius 1 is 1.00 bits per heavy atom. The lowest BCUT2D eigenvalue weighted by Gasteiger charge is -2.25. The zero-order valence-electron chi connectivity index (χ0n) is 17.1. The smallest absolute Gasteiger partial charge is 0.243 e. The van der Waals surface area contributed by atoms with E-state index in [1.807, 2.05) is 31.2 Å². The average molecular weight is 458 g/mol. The highest BCUT2D eigenvalue weighted by molar-refractivity contribution is 7.99. The van der Waals surface area contributed by atoms with E-state index in [4.69, 9.17) is 0 Å². The highest BCUT2D eigenvalue weighted by Crippen LogP contribution is 2.23. The van der Waals surface area contributed by atoms with Crippen molar-refractivity contribution in [2.75, 3.05) is 18.8 Å². The highest BCUT2D eigenvalue weighted by atomic mass is 32.2. The summed E-state index contributed by atoms with van der Waals surface area (Å²) < 4.78 is 28.6. The van der Waals surface area contributed by atoms with Gasteiger partial charge in [-0.05, 0) is 54.5 Å². The lowest BCUT2D eigenvalue weighted by atomic mass is 10.1. The summed E-state index contributed by atoms with van der Waals surface area (Å²) in [5.41, 5.74) is 2.41. The Morgan fingerprint density at radius 3 is 2.35 bits per heavy atom. The van der Waals surface area contributed by atoms with Gasteiger partial charge in [0.1, 0.15) is 0 Å². The monoisotopic (exact) mass is 457 g/mol. The molecule has 10 heteroatoms. The molecule has 0 saturated carbocycles.